The predicted octanol–water partition coefficient (Wildman–Crippen LogP) is 3.81. The van der Waals surface area contributed by atoms with Crippen LogP contribution in [-0.2, 0) is 0 Å². The fourth-order valence-corrected chi connectivity index (χ4v) is 4.79. The SMILES string of the molecule is Cc1c(/C=C/CN2CCN(c3cc(F)cc(F)c3)CC2)cnn1-c1cc(N[C@H](CO)c2ccccc2)nc(N)n1. The minimum Gasteiger partial charge on any atom is -0.394 e. The number of rotatable bonds is 9. The second kappa shape index (κ2) is 12.2. The summed E-state index contributed by atoms with van der Waals surface area (Å²) in [6.07, 6.45) is 5.88. The zero-order chi connectivity index (χ0) is 28.1. The second-order valence-corrected chi connectivity index (χ2v) is 9.67. The van der Waals surface area contributed by atoms with E-state index in [4.69, 9.17) is 5.73 Å². The molecule has 4 aromatic rings. The standard InChI is InChI=1S/C29H32F2N8O/c1-20-22(8-5-9-37-10-12-38(13-11-37)25-15-23(30)14-24(31)16-25)18-33-39(20)28-17-27(35-29(32)36-28)34-26(19-40)21-6-3-2-4-7-21/h2-8,14-18,26,40H,9-13,19H2,1H3,(H3,32,34,35,36)/b8-5+/t26-/m1/s1. The number of nitrogens with one attached hydrogen (secondary N) is 1. The van der Waals surface area contributed by atoms with Gasteiger partial charge in [-0.25, -0.2) is 13.5 Å². The number of anilines is 3. The summed E-state index contributed by atoms with van der Waals surface area (Å²) in [6.45, 7) is 5.55. The Bertz CT molecular complexity index is 1450. The molecule has 1 fully saturated rings. The van der Waals surface area contributed by atoms with Gasteiger partial charge in [0.1, 0.15) is 17.5 Å². The smallest absolute Gasteiger partial charge is 0.224 e. The van der Waals surface area contributed by atoms with Crippen LogP contribution in [0.1, 0.15) is 22.9 Å². The average Bonchev–Trinajstić information content (AvgIpc) is 3.31. The van der Waals surface area contributed by atoms with Gasteiger partial charge in [-0.1, -0.05) is 42.5 Å². The molecule has 0 amide bonds. The Morgan fingerprint density at radius 2 is 1.75 bits per heavy atom. The van der Waals surface area contributed by atoms with Gasteiger partial charge >= 0.3 is 0 Å². The van der Waals surface area contributed by atoms with Crippen LogP contribution in [0.25, 0.3) is 11.9 Å². The van der Waals surface area contributed by atoms with Crippen LogP contribution in [0.15, 0.2) is 66.9 Å². The molecule has 0 saturated carbocycles. The van der Waals surface area contributed by atoms with Crippen LogP contribution in [0.2, 0.25) is 0 Å². The molecule has 1 saturated heterocycles. The molecule has 1 aliphatic rings. The molecular weight excluding hydrogens is 514 g/mol. The van der Waals surface area contributed by atoms with Gasteiger partial charge in [-0.05, 0) is 24.6 Å². The van der Waals surface area contributed by atoms with E-state index in [9.17, 15) is 13.9 Å². The third-order valence-electron chi connectivity index (χ3n) is 6.95. The second-order valence-electron chi connectivity index (χ2n) is 9.67. The molecular formula is C29H32F2N8O. The Labute approximate surface area is 231 Å². The molecule has 40 heavy (non-hydrogen) atoms. The molecule has 2 aromatic heterocycles. The predicted molar refractivity (Wildman–Crippen MR) is 152 cm³/mol. The number of hydrogen-bond acceptors (Lipinski definition) is 8. The number of nitrogen functional groups attached to an aromatic ring is 1. The van der Waals surface area contributed by atoms with Gasteiger partial charge in [-0.2, -0.15) is 15.1 Å². The molecule has 208 valence electrons. The molecule has 4 N–H and O–H groups in total. The highest BCUT2D eigenvalue weighted by Gasteiger charge is 2.18. The molecule has 1 aliphatic heterocycles. The first kappa shape index (κ1) is 27.2. The van der Waals surface area contributed by atoms with E-state index in [1.54, 1.807) is 16.9 Å². The Balaban J connectivity index is 1.21. The van der Waals surface area contributed by atoms with Crippen LogP contribution < -0.4 is 16.0 Å². The number of nitrogens with two attached hydrogens (primary N) is 1. The van der Waals surface area contributed by atoms with Crippen molar-refractivity contribution in [3.63, 3.8) is 0 Å². The first-order valence-electron chi connectivity index (χ1n) is 13.1. The molecule has 9 nitrogen and oxygen atoms in total. The van der Waals surface area contributed by atoms with Crippen molar-refractivity contribution < 1.29 is 13.9 Å². The summed E-state index contributed by atoms with van der Waals surface area (Å²) >= 11 is 0. The van der Waals surface area contributed by atoms with E-state index in [1.165, 1.54) is 12.1 Å². The van der Waals surface area contributed by atoms with E-state index in [1.807, 2.05) is 48.2 Å². The highest BCUT2D eigenvalue weighted by molar-refractivity contribution is 5.54. The first-order chi connectivity index (χ1) is 19.4. The third kappa shape index (κ3) is 6.44. The van der Waals surface area contributed by atoms with Crippen molar-refractivity contribution in [2.45, 2.75) is 13.0 Å². The monoisotopic (exact) mass is 546 g/mol. The average molecular weight is 547 g/mol. The summed E-state index contributed by atoms with van der Waals surface area (Å²) in [5.41, 5.74) is 9.34. The topological polar surface area (TPSA) is 108 Å². The van der Waals surface area contributed by atoms with Crippen LogP contribution in [0.4, 0.5) is 26.2 Å². The van der Waals surface area contributed by atoms with Crippen LogP contribution in [0.3, 0.4) is 0 Å². The molecule has 11 heteroatoms. The van der Waals surface area contributed by atoms with Crippen LogP contribution >= 0.6 is 0 Å². The van der Waals surface area contributed by atoms with Crippen molar-refractivity contribution in [3.05, 3.63) is 95.3 Å². The maximum atomic E-state index is 13.6. The number of benzene rings is 2. The lowest BCUT2D eigenvalue weighted by Crippen LogP contribution is -2.46. The number of hydrogen-bond donors (Lipinski definition) is 3. The zero-order valence-corrected chi connectivity index (χ0v) is 22.2. The number of halogens is 2. The van der Waals surface area contributed by atoms with E-state index in [0.29, 0.717) is 30.4 Å². The van der Waals surface area contributed by atoms with E-state index < -0.39 is 11.6 Å². The van der Waals surface area contributed by atoms with Crippen molar-refractivity contribution in [2.75, 3.05) is 55.3 Å². The number of nitrogens with zero attached hydrogens (tertiary/aromatic N) is 6. The van der Waals surface area contributed by atoms with Crippen molar-refractivity contribution in [2.24, 2.45) is 0 Å². The van der Waals surface area contributed by atoms with Crippen molar-refractivity contribution in [3.8, 4) is 5.82 Å². The minimum atomic E-state index is -0.560. The molecule has 0 bridgehead atoms. The van der Waals surface area contributed by atoms with Gasteiger partial charge in [0, 0.05) is 56.1 Å². The van der Waals surface area contributed by atoms with Gasteiger partial charge in [-0.15, -0.1) is 0 Å². The fourth-order valence-electron chi connectivity index (χ4n) is 4.79. The fraction of sp³-hybridized carbons (Fsp3) is 0.276. The van der Waals surface area contributed by atoms with Gasteiger partial charge in [0.25, 0.3) is 0 Å². The highest BCUT2D eigenvalue weighted by atomic mass is 19.1. The Kier molecular flexibility index (Phi) is 8.32. The molecule has 0 aliphatic carbocycles. The first-order valence-corrected chi connectivity index (χ1v) is 13.1. The molecule has 5 rings (SSSR count). The number of aromatic nitrogens is 4. The maximum absolute atomic E-state index is 13.6. The number of piperazine rings is 1. The molecule has 0 spiro atoms. The van der Waals surface area contributed by atoms with Gasteiger partial charge in [0.15, 0.2) is 5.82 Å². The lowest BCUT2D eigenvalue weighted by atomic mass is 10.1. The molecule has 0 unspecified atom stereocenters. The molecule has 0 radical (unpaired) electrons. The van der Waals surface area contributed by atoms with Gasteiger partial charge in [0.05, 0.1) is 24.5 Å². The lowest BCUT2D eigenvalue weighted by Gasteiger charge is -2.35. The van der Waals surface area contributed by atoms with Gasteiger partial charge in [0.2, 0.25) is 5.95 Å². The zero-order valence-electron chi connectivity index (χ0n) is 22.2. The summed E-state index contributed by atoms with van der Waals surface area (Å²) in [7, 11) is 0. The van der Waals surface area contributed by atoms with Crippen LogP contribution in [0.5, 0.6) is 0 Å². The lowest BCUT2D eigenvalue weighted by molar-refractivity contribution is 0.276. The maximum Gasteiger partial charge on any atom is 0.224 e. The third-order valence-corrected chi connectivity index (χ3v) is 6.95. The summed E-state index contributed by atoms with van der Waals surface area (Å²) in [6, 6.07) is 14.6. The largest absolute Gasteiger partial charge is 0.394 e. The quantitative estimate of drug-likeness (QED) is 0.291. The number of aliphatic hydroxyl groups is 1. The Morgan fingerprint density at radius 1 is 1.02 bits per heavy atom. The molecule has 2 aromatic carbocycles. The van der Waals surface area contributed by atoms with Crippen LogP contribution in [-0.4, -0.2) is 69.1 Å². The van der Waals surface area contributed by atoms with Crippen molar-refractivity contribution >= 4 is 23.5 Å². The van der Waals surface area contributed by atoms with Crippen molar-refractivity contribution in [1.29, 1.82) is 0 Å². The summed E-state index contributed by atoms with van der Waals surface area (Å²) < 4.78 is 28.9. The van der Waals surface area contributed by atoms with E-state index in [-0.39, 0.29) is 18.6 Å². The van der Waals surface area contributed by atoms with E-state index in [2.05, 4.69) is 31.4 Å². The van der Waals surface area contributed by atoms with Crippen LogP contribution in [0, 0.1) is 18.6 Å². The normalized spacial score (nSPS) is 15.1. The number of aliphatic hydroxyl groups excluding tert-OH is 1. The Hall–Kier alpha value is -4.35. The minimum absolute atomic E-state index is 0.0943. The van der Waals surface area contributed by atoms with E-state index >= 15 is 0 Å². The van der Waals surface area contributed by atoms with Gasteiger partial charge in [-0.3, -0.25) is 4.90 Å². The Morgan fingerprint density at radius 3 is 2.45 bits per heavy atom. The molecule has 1 atom stereocenters. The summed E-state index contributed by atoms with van der Waals surface area (Å²) in [4.78, 5) is 12.9. The summed E-state index contributed by atoms with van der Waals surface area (Å²) in [5, 5.41) is 17.6. The van der Waals surface area contributed by atoms with Gasteiger partial charge < -0.3 is 21.1 Å². The summed E-state index contributed by atoms with van der Waals surface area (Å²) in [5.74, 6) is -0.0268. The van der Waals surface area contributed by atoms with E-state index in [0.717, 1.165) is 42.5 Å². The molecule has 3 heterocycles. The van der Waals surface area contributed by atoms with Crippen molar-refractivity contribution in [1.82, 2.24) is 24.6 Å². The highest BCUT2D eigenvalue weighted by Crippen LogP contribution is 2.22.